The number of aromatic nitrogens is 4. The third-order valence-corrected chi connectivity index (χ3v) is 4.02. The van der Waals surface area contributed by atoms with E-state index in [-0.39, 0.29) is 24.1 Å². The van der Waals surface area contributed by atoms with E-state index in [1.807, 2.05) is 31.2 Å². The molecule has 8 heteroatoms. The molecule has 1 amide bonds. The lowest BCUT2D eigenvalue weighted by Crippen LogP contribution is -2.34. The van der Waals surface area contributed by atoms with Crippen LogP contribution in [0.1, 0.15) is 18.5 Å². The van der Waals surface area contributed by atoms with Crippen molar-refractivity contribution in [2.75, 3.05) is 7.11 Å². The number of nitrogens with one attached hydrogen (secondary N) is 1. The zero-order valence-corrected chi connectivity index (χ0v) is 14.3. The highest BCUT2D eigenvalue weighted by atomic mass is 16.5. The lowest BCUT2D eigenvalue weighted by molar-refractivity contribution is -0.122. The van der Waals surface area contributed by atoms with Crippen LogP contribution in [0.2, 0.25) is 0 Å². The molecule has 0 bridgehead atoms. The zero-order chi connectivity index (χ0) is 18.0. The summed E-state index contributed by atoms with van der Waals surface area (Å²) in [5, 5.41) is 7.27. The summed E-state index contributed by atoms with van der Waals surface area (Å²) >= 11 is 0. The lowest BCUT2D eigenvalue weighted by atomic mass is 10.1. The number of hydrogen-bond acceptors (Lipinski definition) is 5. The van der Waals surface area contributed by atoms with Crippen LogP contribution in [0.15, 0.2) is 41.6 Å². The van der Waals surface area contributed by atoms with Gasteiger partial charge < -0.3 is 10.1 Å². The molecule has 0 saturated carbocycles. The molecule has 0 aliphatic rings. The highest BCUT2D eigenvalue weighted by Gasteiger charge is 2.15. The monoisotopic (exact) mass is 341 g/mol. The van der Waals surface area contributed by atoms with E-state index in [2.05, 4.69) is 15.4 Å². The summed E-state index contributed by atoms with van der Waals surface area (Å²) in [6.07, 6.45) is 2.82. The van der Waals surface area contributed by atoms with Gasteiger partial charge in [-0.1, -0.05) is 18.2 Å². The maximum absolute atomic E-state index is 12.4. The smallest absolute Gasteiger partial charge is 0.264 e. The minimum absolute atomic E-state index is 0.115. The quantitative estimate of drug-likeness (QED) is 0.748. The van der Waals surface area contributed by atoms with Crippen LogP contribution in [0.25, 0.3) is 11.0 Å². The second-order valence-corrected chi connectivity index (χ2v) is 5.71. The van der Waals surface area contributed by atoms with Crippen molar-refractivity contribution < 1.29 is 9.53 Å². The highest BCUT2D eigenvalue weighted by Crippen LogP contribution is 2.24. The average molecular weight is 341 g/mol. The fraction of sp³-hybridized carbons (Fsp3) is 0.294. The number of hydrogen-bond donors (Lipinski definition) is 1. The van der Waals surface area contributed by atoms with E-state index in [0.29, 0.717) is 16.8 Å². The summed E-state index contributed by atoms with van der Waals surface area (Å²) in [4.78, 5) is 28.9. The Morgan fingerprint density at radius 1 is 1.36 bits per heavy atom. The Hall–Kier alpha value is -3.16. The summed E-state index contributed by atoms with van der Waals surface area (Å²) < 4.78 is 8.10. The Labute approximate surface area is 144 Å². The van der Waals surface area contributed by atoms with Crippen LogP contribution in [-0.2, 0) is 18.4 Å². The topological polar surface area (TPSA) is 91.0 Å². The van der Waals surface area contributed by atoms with Gasteiger partial charge in [-0.05, 0) is 13.0 Å². The van der Waals surface area contributed by atoms with Gasteiger partial charge in [-0.15, -0.1) is 0 Å². The largest absolute Gasteiger partial charge is 0.496 e. The summed E-state index contributed by atoms with van der Waals surface area (Å²) in [7, 11) is 3.29. The molecule has 0 saturated heterocycles. The van der Waals surface area contributed by atoms with Crippen molar-refractivity contribution in [3.05, 3.63) is 52.7 Å². The number of ether oxygens (including phenoxy) is 1. The van der Waals surface area contributed by atoms with E-state index >= 15 is 0 Å². The number of benzene rings is 1. The molecule has 1 aromatic carbocycles. The van der Waals surface area contributed by atoms with Crippen LogP contribution in [-0.4, -0.2) is 32.3 Å². The van der Waals surface area contributed by atoms with Gasteiger partial charge in [0.25, 0.3) is 5.56 Å². The molecule has 3 rings (SSSR count). The van der Waals surface area contributed by atoms with Crippen LogP contribution < -0.4 is 15.6 Å². The number of methoxy groups -OCH3 is 1. The molecule has 130 valence electrons. The Balaban J connectivity index is 1.76. The molecule has 0 unspecified atom stereocenters. The number of carbonyl (C=O) groups is 1. The SMILES string of the molecule is COc1ccccc1[C@H](C)NC(=O)Cn1cnc2c(cnn2C)c1=O. The number of amides is 1. The standard InChI is InChI=1S/C17H19N5O3/c1-11(12-6-4-5-7-14(12)25-3)20-15(23)9-22-10-18-16-13(17(22)24)8-19-21(16)2/h4-8,10-11H,9H2,1-3H3,(H,20,23)/t11-/m0/s1. The van der Waals surface area contributed by atoms with Crippen molar-refractivity contribution >= 4 is 16.9 Å². The van der Waals surface area contributed by atoms with Gasteiger partial charge >= 0.3 is 0 Å². The Morgan fingerprint density at radius 2 is 2.12 bits per heavy atom. The van der Waals surface area contributed by atoms with E-state index in [9.17, 15) is 9.59 Å². The van der Waals surface area contributed by atoms with Crippen molar-refractivity contribution in [1.29, 1.82) is 0 Å². The van der Waals surface area contributed by atoms with Gasteiger partial charge in [0.15, 0.2) is 5.65 Å². The fourth-order valence-electron chi connectivity index (χ4n) is 2.72. The van der Waals surface area contributed by atoms with Crippen molar-refractivity contribution in [2.45, 2.75) is 19.5 Å². The first-order chi connectivity index (χ1) is 12.0. The first kappa shape index (κ1) is 16.7. The van der Waals surface area contributed by atoms with Gasteiger partial charge in [0.05, 0.1) is 19.3 Å². The van der Waals surface area contributed by atoms with Crippen molar-refractivity contribution in [3.8, 4) is 5.75 Å². The first-order valence-electron chi connectivity index (χ1n) is 7.80. The van der Waals surface area contributed by atoms with Crippen molar-refractivity contribution in [1.82, 2.24) is 24.6 Å². The van der Waals surface area contributed by atoms with E-state index in [1.54, 1.807) is 14.2 Å². The molecule has 0 aliphatic heterocycles. The van der Waals surface area contributed by atoms with E-state index in [0.717, 1.165) is 5.56 Å². The third kappa shape index (κ3) is 3.23. The second kappa shape index (κ2) is 6.76. The lowest BCUT2D eigenvalue weighted by Gasteiger charge is -2.17. The second-order valence-electron chi connectivity index (χ2n) is 5.71. The van der Waals surface area contributed by atoms with Crippen molar-refractivity contribution in [2.24, 2.45) is 7.05 Å². The predicted molar refractivity (Wildman–Crippen MR) is 92.3 cm³/mol. The molecular formula is C17H19N5O3. The van der Waals surface area contributed by atoms with Gasteiger partial charge in [0, 0.05) is 12.6 Å². The first-order valence-corrected chi connectivity index (χ1v) is 7.80. The number of carbonyl (C=O) groups excluding carboxylic acids is 1. The summed E-state index contributed by atoms with van der Waals surface area (Å²) in [6, 6.07) is 7.22. The molecule has 0 radical (unpaired) electrons. The molecule has 8 nitrogen and oxygen atoms in total. The normalized spacial score (nSPS) is 12.1. The van der Waals surface area contributed by atoms with Gasteiger partial charge in [0.2, 0.25) is 5.91 Å². The Kier molecular flexibility index (Phi) is 4.51. The Morgan fingerprint density at radius 3 is 2.88 bits per heavy atom. The van der Waals surface area contributed by atoms with Crippen LogP contribution in [0.4, 0.5) is 0 Å². The minimum Gasteiger partial charge on any atom is -0.496 e. The molecule has 3 aromatic rings. The van der Waals surface area contributed by atoms with Crippen molar-refractivity contribution in [3.63, 3.8) is 0 Å². The van der Waals surface area contributed by atoms with Gasteiger partial charge in [-0.3, -0.25) is 18.8 Å². The number of rotatable bonds is 5. The van der Waals surface area contributed by atoms with Crippen LogP contribution in [0.3, 0.4) is 0 Å². The molecule has 2 heterocycles. The fourth-order valence-corrected chi connectivity index (χ4v) is 2.72. The molecule has 0 spiro atoms. The van der Waals surface area contributed by atoms with E-state index in [1.165, 1.54) is 21.8 Å². The third-order valence-electron chi connectivity index (χ3n) is 4.02. The summed E-state index contributed by atoms with van der Waals surface area (Å²) in [6.45, 7) is 1.75. The maximum Gasteiger partial charge on any atom is 0.264 e. The van der Waals surface area contributed by atoms with E-state index in [4.69, 9.17) is 4.74 Å². The predicted octanol–water partition coefficient (Wildman–Crippen LogP) is 1.02. The molecular weight excluding hydrogens is 322 g/mol. The molecule has 2 aromatic heterocycles. The maximum atomic E-state index is 12.4. The highest BCUT2D eigenvalue weighted by molar-refractivity contribution is 5.77. The number of fused-ring (bicyclic) bond motifs is 1. The van der Waals surface area contributed by atoms with Gasteiger partial charge in [-0.2, -0.15) is 5.10 Å². The van der Waals surface area contributed by atoms with Gasteiger partial charge in [-0.25, -0.2) is 4.98 Å². The molecule has 0 fully saturated rings. The van der Waals surface area contributed by atoms with Crippen LogP contribution >= 0.6 is 0 Å². The number of aryl methyl sites for hydroxylation is 1. The average Bonchev–Trinajstić information content (AvgIpc) is 2.99. The summed E-state index contributed by atoms with van der Waals surface area (Å²) in [5.74, 6) is 0.413. The van der Waals surface area contributed by atoms with Gasteiger partial charge in [0.1, 0.15) is 24.0 Å². The molecule has 25 heavy (non-hydrogen) atoms. The number of para-hydroxylation sites is 1. The van der Waals surface area contributed by atoms with E-state index < -0.39 is 0 Å². The molecule has 0 aliphatic carbocycles. The minimum atomic E-state index is -0.293. The molecule has 1 N–H and O–H groups in total. The summed E-state index contributed by atoms with van der Waals surface area (Å²) in [5.41, 5.74) is 1.06. The number of nitrogens with zero attached hydrogens (tertiary/aromatic N) is 4. The zero-order valence-electron chi connectivity index (χ0n) is 14.3. The Bertz CT molecular complexity index is 976. The van der Waals surface area contributed by atoms with Crippen LogP contribution in [0.5, 0.6) is 5.75 Å². The van der Waals surface area contributed by atoms with Crippen LogP contribution in [0, 0.1) is 0 Å². The molecule has 1 atom stereocenters.